The van der Waals surface area contributed by atoms with Gasteiger partial charge in [-0.1, -0.05) is 105 Å². The quantitative estimate of drug-likeness (QED) is 0.0910. The third kappa shape index (κ3) is 13.9. The van der Waals surface area contributed by atoms with E-state index in [0.29, 0.717) is 6.54 Å². The maximum Gasteiger partial charge on any atom is 0.326 e. The largest absolute Gasteiger partial charge is 0.480 e. The number of ether oxygens (including phenoxy) is 5. The summed E-state index contributed by atoms with van der Waals surface area (Å²) in [5.41, 5.74) is 2.67. The Morgan fingerprint density at radius 3 is 1.95 bits per heavy atom. The Balaban J connectivity index is 1.33. The molecular formula is C45H58N4O11. The molecule has 5 N–H and O–H groups in total. The van der Waals surface area contributed by atoms with Gasteiger partial charge in [-0.25, -0.2) is 4.79 Å². The molecule has 3 amide bonds. The summed E-state index contributed by atoms with van der Waals surface area (Å²) in [7, 11) is 0. The second kappa shape index (κ2) is 21.9. The predicted octanol–water partition coefficient (Wildman–Crippen LogP) is 4.13. The van der Waals surface area contributed by atoms with Crippen LogP contribution in [-0.4, -0.2) is 89.3 Å². The van der Waals surface area contributed by atoms with Gasteiger partial charge in [0.25, 0.3) is 0 Å². The number of carbonyl (C=O) groups is 5. The molecule has 0 spiro atoms. The average Bonchev–Trinajstić information content (AvgIpc) is 3.70. The van der Waals surface area contributed by atoms with Gasteiger partial charge in [0.2, 0.25) is 17.7 Å². The Morgan fingerprint density at radius 1 is 0.750 bits per heavy atom. The zero-order chi connectivity index (χ0) is 43.2. The van der Waals surface area contributed by atoms with E-state index in [1.807, 2.05) is 105 Å². The van der Waals surface area contributed by atoms with Crippen LogP contribution in [0.25, 0.3) is 0 Å². The van der Waals surface area contributed by atoms with Crippen molar-refractivity contribution in [3.63, 3.8) is 0 Å². The molecule has 0 bridgehead atoms. The fourth-order valence-corrected chi connectivity index (χ4v) is 7.10. The number of amides is 3. The molecule has 2 aliphatic heterocycles. The smallest absolute Gasteiger partial charge is 0.326 e. The summed E-state index contributed by atoms with van der Waals surface area (Å²) in [5.74, 6) is -4.76. The molecule has 5 rings (SSSR count). The number of carboxylic acids is 1. The molecule has 3 aromatic rings. The van der Waals surface area contributed by atoms with E-state index in [9.17, 15) is 29.1 Å². The number of fused-ring (bicyclic) bond motifs is 1. The van der Waals surface area contributed by atoms with E-state index in [1.54, 1.807) is 13.8 Å². The highest BCUT2D eigenvalue weighted by molar-refractivity contribution is 5.93. The van der Waals surface area contributed by atoms with Gasteiger partial charge >= 0.3 is 11.9 Å². The molecule has 2 fully saturated rings. The molecule has 2 heterocycles. The summed E-state index contributed by atoms with van der Waals surface area (Å²) in [5, 5.41) is 21.0. The van der Waals surface area contributed by atoms with Crippen LogP contribution in [0.2, 0.25) is 0 Å². The van der Waals surface area contributed by atoms with Crippen LogP contribution in [0.15, 0.2) is 91.0 Å². The van der Waals surface area contributed by atoms with Crippen molar-refractivity contribution >= 4 is 29.7 Å². The van der Waals surface area contributed by atoms with Crippen LogP contribution in [0.4, 0.5) is 0 Å². The first-order valence-electron chi connectivity index (χ1n) is 20.4. The zero-order valence-electron chi connectivity index (χ0n) is 34.8. The first-order chi connectivity index (χ1) is 28.7. The van der Waals surface area contributed by atoms with E-state index in [0.717, 1.165) is 16.7 Å². The van der Waals surface area contributed by atoms with Gasteiger partial charge in [0.15, 0.2) is 12.1 Å². The van der Waals surface area contributed by atoms with Crippen molar-refractivity contribution in [2.75, 3.05) is 0 Å². The summed E-state index contributed by atoms with van der Waals surface area (Å²) in [6.07, 6.45) is -3.18. The lowest BCUT2D eigenvalue weighted by molar-refractivity contribution is -0.222. The second-order valence-corrected chi connectivity index (χ2v) is 16.1. The lowest BCUT2D eigenvalue weighted by Crippen LogP contribution is -2.56. The lowest BCUT2D eigenvalue weighted by atomic mass is 9.99. The molecule has 2 saturated heterocycles. The molecule has 15 heteroatoms. The van der Waals surface area contributed by atoms with Gasteiger partial charge in [-0.2, -0.15) is 0 Å². The molecule has 0 aromatic heterocycles. The molecule has 8 atom stereocenters. The van der Waals surface area contributed by atoms with Crippen molar-refractivity contribution in [3.8, 4) is 0 Å². The maximum atomic E-state index is 14.1. The Labute approximate surface area is 351 Å². The van der Waals surface area contributed by atoms with Crippen molar-refractivity contribution in [3.05, 3.63) is 108 Å². The monoisotopic (exact) mass is 830 g/mol. The van der Waals surface area contributed by atoms with Gasteiger partial charge in [0.1, 0.15) is 43.0 Å². The SMILES string of the molecule is CC(C)C[C@H](NC(=O)[C@H](C)NC(=O)[C@H](CCC(=O)OCc1ccccc1)NC(=O)C[C@H](NCc1ccccc1)C1O[C@@H]2OC(C)(C)O[C@@H]2[C@H]1OCc1ccccc1)C(=O)O. The fourth-order valence-electron chi connectivity index (χ4n) is 7.10. The molecule has 0 radical (unpaired) electrons. The summed E-state index contributed by atoms with van der Waals surface area (Å²) >= 11 is 0. The molecular weight excluding hydrogens is 773 g/mol. The number of carbonyl (C=O) groups excluding carboxylic acids is 4. The zero-order valence-corrected chi connectivity index (χ0v) is 34.8. The molecule has 60 heavy (non-hydrogen) atoms. The third-order valence-corrected chi connectivity index (χ3v) is 10.1. The minimum Gasteiger partial charge on any atom is -0.480 e. The molecule has 15 nitrogen and oxygen atoms in total. The van der Waals surface area contributed by atoms with E-state index in [-0.39, 0.29) is 44.8 Å². The van der Waals surface area contributed by atoms with E-state index in [4.69, 9.17) is 23.7 Å². The van der Waals surface area contributed by atoms with Crippen LogP contribution < -0.4 is 21.3 Å². The molecule has 2 aliphatic rings. The van der Waals surface area contributed by atoms with Gasteiger partial charge < -0.3 is 50.1 Å². The molecule has 324 valence electrons. The Kier molecular flexibility index (Phi) is 16.7. The molecule has 0 aliphatic carbocycles. The van der Waals surface area contributed by atoms with Crippen LogP contribution in [0.5, 0.6) is 0 Å². The van der Waals surface area contributed by atoms with E-state index < -0.39 is 84.2 Å². The summed E-state index contributed by atoms with van der Waals surface area (Å²) in [4.78, 5) is 65.8. The van der Waals surface area contributed by atoms with Crippen molar-refractivity contribution < 1.29 is 52.8 Å². The summed E-state index contributed by atoms with van der Waals surface area (Å²) in [6, 6.07) is 24.1. The molecule has 1 unspecified atom stereocenters. The Morgan fingerprint density at radius 2 is 1.35 bits per heavy atom. The van der Waals surface area contributed by atoms with Gasteiger partial charge in [0, 0.05) is 25.4 Å². The average molecular weight is 831 g/mol. The lowest BCUT2D eigenvalue weighted by Gasteiger charge is -2.32. The van der Waals surface area contributed by atoms with E-state index in [1.165, 1.54) is 6.92 Å². The highest BCUT2D eigenvalue weighted by atomic mass is 16.8. The fraction of sp³-hybridized carbons (Fsp3) is 0.489. The minimum atomic E-state index is -1.28. The number of rotatable bonds is 22. The summed E-state index contributed by atoms with van der Waals surface area (Å²) < 4.78 is 30.8. The van der Waals surface area contributed by atoms with Crippen molar-refractivity contribution in [1.82, 2.24) is 21.3 Å². The van der Waals surface area contributed by atoms with Crippen molar-refractivity contribution in [2.45, 2.75) is 135 Å². The highest BCUT2D eigenvalue weighted by Gasteiger charge is 2.57. The van der Waals surface area contributed by atoms with Crippen LogP contribution in [0, 0.1) is 5.92 Å². The van der Waals surface area contributed by atoms with Crippen LogP contribution in [0.3, 0.4) is 0 Å². The first kappa shape index (κ1) is 45.9. The first-order valence-corrected chi connectivity index (χ1v) is 20.4. The van der Waals surface area contributed by atoms with E-state index in [2.05, 4.69) is 21.3 Å². The number of benzene rings is 3. The minimum absolute atomic E-state index is 0.0182. The maximum absolute atomic E-state index is 14.1. The van der Waals surface area contributed by atoms with Gasteiger partial charge in [-0.15, -0.1) is 0 Å². The van der Waals surface area contributed by atoms with Crippen LogP contribution >= 0.6 is 0 Å². The number of esters is 1. The third-order valence-electron chi connectivity index (χ3n) is 10.1. The van der Waals surface area contributed by atoms with Crippen LogP contribution in [-0.2, 0) is 67.4 Å². The normalized spacial score (nSPS) is 21.2. The topological polar surface area (TPSA) is 200 Å². The number of nitrogens with one attached hydrogen (secondary N) is 4. The Bertz CT molecular complexity index is 1860. The summed E-state index contributed by atoms with van der Waals surface area (Å²) in [6.45, 7) is 9.29. The van der Waals surface area contributed by atoms with Gasteiger partial charge in [-0.3, -0.25) is 19.2 Å². The predicted molar refractivity (Wildman–Crippen MR) is 219 cm³/mol. The second-order valence-electron chi connectivity index (χ2n) is 16.1. The van der Waals surface area contributed by atoms with Crippen LogP contribution in [0.1, 0.15) is 77.0 Å². The van der Waals surface area contributed by atoms with Crippen molar-refractivity contribution in [2.24, 2.45) is 5.92 Å². The van der Waals surface area contributed by atoms with E-state index >= 15 is 0 Å². The standard InChI is InChI=1S/C45H58N4O11/c1-28(2)23-35(43(54)55)49-41(52)29(3)47-42(53)33(21-22-37(51)56-26-31-17-11-7-12-18-31)48-36(50)24-34(46-25-30-15-9-6-10-16-30)38-39(57-27-32-19-13-8-14-20-32)40-44(58-38)60-45(4,5)59-40/h6-20,28-29,33-35,38-40,44,46H,21-27H2,1-5H3,(H,47,53)(H,48,50)(H,49,52)(H,54,55)/t29-,33-,34-,35-,38?,39-,40+,44+/m0/s1. The number of carboxylic acid groups (broad SMARTS) is 1. The molecule has 0 saturated carbocycles. The molecule has 3 aromatic carbocycles. The number of hydrogen-bond acceptors (Lipinski definition) is 11. The van der Waals surface area contributed by atoms with Gasteiger partial charge in [0.05, 0.1) is 6.61 Å². The highest BCUT2D eigenvalue weighted by Crippen LogP contribution is 2.40. The number of hydrogen-bond donors (Lipinski definition) is 5. The van der Waals surface area contributed by atoms with Crippen molar-refractivity contribution in [1.29, 1.82) is 0 Å². The Hall–Kier alpha value is -5.19. The van der Waals surface area contributed by atoms with Gasteiger partial charge in [-0.05, 0) is 56.2 Å². The number of aliphatic carboxylic acids is 1.